The van der Waals surface area contributed by atoms with E-state index in [9.17, 15) is 9.59 Å². The number of aromatic nitrogens is 1. The summed E-state index contributed by atoms with van der Waals surface area (Å²) in [6, 6.07) is 9.15. The highest BCUT2D eigenvalue weighted by molar-refractivity contribution is 6.05. The summed E-state index contributed by atoms with van der Waals surface area (Å²) in [6.45, 7) is 1.87. The van der Waals surface area contributed by atoms with E-state index in [1.54, 1.807) is 12.3 Å². The number of carboxylic acids is 1. The molecule has 5 heteroatoms. The molecule has 1 unspecified atom stereocenters. The number of rotatable bonds is 6. The van der Waals surface area contributed by atoms with E-state index in [-0.39, 0.29) is 18.4 Å². The number of fused-ring (bicyclic) bond motifs is 1. The van der Waals surface area contributed by atoms with Gasteiger partial charge >= 0.3 is 5.97 Å². The minimum atomic E-state index is -0.813. The highest BCUT2D eigenvalue weighted by Gasteiger charge is 2.13. The van der Waals surface area contributed by atoms with Gasteiger partial charge in [0.25, 0.3) is 5.91 Å². The van der Waals surface area contributed by atoms with Crippen LogP contribution in [0, 0.1) is 0 Å². The molecular formula is C16H18N2O3. The van der Waals surface area contributed by atoms with Crippen molar-refractivity contribution >= 4 is 22.8 Å². The molecule has 2 N–H and O–H groups in total. The van der Waals surface area contributed by atoms with E-state index >= 15 is 0 Å². The number of benzene rings is 1. The Morgan fingerprint density at radius 2 is 2.05 bits per heavy atom. The highest BCUT2D eigenvalue weighted by atomic mass is 16.4. The van der Waals surface area contributed by atoms with Crippen LogP contribution in [-0.2, 0) is 4.79 Å². The minimum absolute atomic E-state index is 0.0733. The van der Waals surface area contributed by atoms with Gasteiger partial charge in [0.2, 0.25) is 0 Å². The van der Waals surface area contributed by atoms with Crippen molar-refractivity contribution in [2.24, 2.45) is 0 Å². The van der Waals surface area contributed by atoms with Crippen LogP contribution in [0.1, 0.15) is 36.5 Å². The predicted molar refractivity (Wildman–Crippen MR) is 80.2 cm³/mol. The van der Waals surface area contributed by atoms with Crippen LogP contribution in [0.4, 0.5) is 0 Å². The molecule has 110 valence electrons. The summed E-state index contributed by atoms with van der Waals surface area (Å²) in [5.74, 6) is -0.992. The number of hydrogen-bond acceptors (Lipinski definition) is 3. The molecular weight excluding hydrogens is 268 g/mol. The average Bonchev–Trinajstić information content (AvgIpc) is 2.46. The molecule has 0 aliphatic heterocycles. The van der Waals surface area contributed by atoms with E-state index in [0.29, 0.717) is 23.9 Å². The number of carbonyl (C=O) groups excluding carboxylic acids is 1. The summed E-state index contributed by atoms with van der Waals surface area (Å²) in [4.78, 5) is 27.0. The first-order valence-corrected chi connectivity index (χ1v) is 6.94. The lowest BCUT2D eigenvalue weighted by Crippen LogP contribution is -2.32. The third kappa shape index (κ3) is 4.02. The molecule has 2 rings (SSSR count). The standard InChI is InChI=1S/C16H18N2O3/c1-11(5-2-9-14(19)20)18-16(21)13-8-3-6-12-7-4-10-17-15(12)13/h3-4,6-8,10-11H,2,5,9H2,1H3,(H,18,21)(H,19,20). The molecule has 0 spiro atoms. The van der Waals surface area contributed by atoms with E-state index < -0.39 is 5.97 Å². The molecule has 1 atom stereocenters. The molecule has 2 aromatic rings. The topological polar surface area (TPSA) is 79.3 Å². The quantitative estimate of drug-likeness (QED) is 0.855. The van der Waals surface area contributed by atoms with E-state index in [0.717, 1.165) is 5.39 Å². The number of nitrogens with zero attached hydrogens (tertiary/aromatic N) is 1. The SMILES string of the molecule is CC(CCCC(=O)O)NC(=O)c1cccc2cccnc12. The summed E-state index contributed by atoms with van der Waals surface area (Å²) >= 11 is 0. The highest BCUT2D eigenvalue weighted by Crippen LogP contribution is 2.16. The number of carboxylic acid groups (broad SMARTS) is 1. The van der Waals surface area contributed by atoms with Gasteiger partial charge in [0.15, 0.2) is 0 Å². The molecule has 0 radical (unpaired) electrons. The van der Waals surface area contributed by atoms with Crippen LogP contribution in [0.2, 0.25) is 0 Å². The number of carbonyl (C=O) groups is 2. The molecule has 0 aliphatic carbocycles. The van der Waals surface area contributed by atoms with Gasteiger partial charge in [0.05, 0.1) is 11.1 Å². The van der Waals surface area contributed by atoms with Gasteiger partial charge in [-0.1, -0.05) is 18.2 Å². The lowest BCUT2D eigenvalue weighted by molar-refractivity contribution is -0.137. The molecule has 0 saturated carbocycles. The number of para-hydroxylation sites is 1. The Balaban J connectivity index is 2.03. The van der Waals surface area contributed by atoms with Gasteiger partial charge in [0, 0.05) is 24.0 Å². The summed E-state index contributed by atoms with van der Waals surface area (Å²) < 4.78 is 0. The van der Waals surface area contributed by atoms with E-state index in [2.05, 4.69) is 10.3 Å². The Hall–Kier alpha value is -2.43. The molecule has 1 amide bonds. The first-order valence-electron chi connectivity index (χ1n) is 6.94. The largest absolute Gasteiger partial charge is 0.481 e. The van der Waals surface area contributed by atoms with Gasteiger partial charge in [-0.25, -0.2) is 0 Å². The third-order valence-electron chi connectivity index (χ3n) is 3.28. The Morgan fingerprint density at radius 3 is 2.81 bits per heavy atom. The fraction of sp³-hybridized carbons (Fsp3) is 0.312. The van der Waals surface area contributed by atoms with Crippen molar-refractivity contribution in [3.05, 3.63) is 42.1 Å². The van der Waals surface area contributed by atoms with E-state index in [1.807, 2.05) is 31.2 Å². The summed E-state index contributed by atoms with van der Waals surface area (Å²) in [6.07, 6.45) is 2.96. The summed E-state index contributed by atoms with van der Waals surface area (Å²) in [5.41, 5.74) is 1.22. The van der Waals surface area contributed by atoms with Crippen molar-refractivity contribution < 1.29 is 14.7 Å². The second-order valence-electron chi connectivity index (χ2n) is 5.04. The molecule has 0 fully saturated rings. The maximum Gasteiger partial charge on any atom is 0.303 e. The third-order valence-corrected chi connectivity index (χ3v) is 3.28. The number of hydrogen-bond donors (Lipinski definition) is 2. The predicted octanol–water partition coefficient (Wildman–Crippen LogP) is 2.61. The first-order chi connectivity index (χ1) is 10.1. The van der Waals surface area contributed by atoms with Crippen LogP contribution in [0.15, 0.2) is 36.5 Å². The monoisotopic (exact) mass is 286 g/mol. The van der Waals surface area contributed by atoms with Crippen LogP contribution < -0.4 is 5.32 Å². The zero-order chi connectivity index (χ0) is 15.2. The average molecular weight is 286 g/mol. The second kappa shape index (κ2) is 6.83. The molecule has 0 bridgehead atoms. The number of nitrogens with one attached hydrogen (secondary N) is 1. The van der Waals surface area contributed by atoms with Crippen LogP contribution in [0.5, 0.6) is 0 Å². The van der Waals surface area contributed by atoms with E-state index in [4.69, 9.17) is 5.11 Å². The van der Waals surface area contributed by atoms with Crippen molar-refractivity contribution in [2.45, 2.75) is 32.2 Å². The summed E-state index contributed by atoms with van der Waals surface area (Å²) in [5, 5.41) is 12.4. The lowest BCUT2D eigenvalue weighted by Gasteiger charge is -2.14. The molecule has 1 aromatic heterocycles. The van der Waals surface area contributed by atoms with Crippen molar-refractivity contribution in [3.8, 4) is 0 Å². The molecule has 1 heterocycles. The molecule has 0 aliphatic rings. The lowest BCUT2D eigenvalue weighted by atomic mass is 10.1. The van der Waals surface area contributed by atoms with Gasteiger partial charge in [-0.3, -0.25) is 14.6 Å². The van der Waals surface area contributed by atoms with Crippen LogP contribution >= 0.6 is 0 Å². The zero-order valence-electron chi connectivity index (χ0n) is 11.9. The van der Waals surface area contributed by atoms with E-state index in [1.165, 1.54) is 0 Å². The number of aliphatic carboxylic acids is 1. The fourth-order valence-electron chi connectivity index (χ4n) is 2.22. The van der Waals surface area contributed by atoms with Crippen LogP contribution in [0.25, 0.3) is 10.9 Å². The van der Waals surface area contributed by atoms with Crippen LogP contribution in [-0.4, -0.2) is 28.0 Å². The molecule has 0 saturated heterocycles. The van der Waals surface area contributed by atoms with Crippen molar-refractivity contribution in [3.63, 3.8) is 0 Å². The number of amides is 1. The normalized spacial score (nSPS) is 12.0. The Labute approximate surface area is 123 Å². The van der Waals surface area contributed by atoms with Gasteiger partial charge in [-0.2, -0.15) is 0 Å². The molecule has 1 aromatic carbocycles. The van der Waals surface area contributed by atoms with Gasteiger partial charge in [-0.05, 0) is 31.9 Å². The molecule has 21 heavy (non-hydrogen) atoms. The molecule has 5 nitrogen and oxygen atoms in total. The maximum atomic E-state index is 12.3. The smallest absolute Gasteiger partial charge is 0.303 e. The van der Waals surface area contributed by atoms with Crippen molar-refractivity contribution in [2.75, 3.05) is 0 Å². The second-order valence-corrected chi connectivity index (χ2v) is 5.04. The Kier molecular flexibility index (Phi) is 4.87. The minimum Gasteiger partial charge on any atom is -0.481 e. The van der Waals surface area contributed by atoms with Crippen molar-refractivity contribution in [1.82, 2.24) is 10.3 Å². The fourth-order valence-corrected chi connectivity index (χ4v) is 2.22. The van der Waals surface area contributed by atoms with Crippen molar-refractivity contribution in [1.29, 1.82) is 0 Å². The Morgan fingerprint density at radius 1 is 1.29 bits per heavy atom. The maximum absolute atomic E-state index is 12.3. The first kappa shape index (κ1) is 15.0. The van der Waals surface area contributed by atoms with Gasteiger partial charge in [0.1, 0.15) is 0 Å². The zero-order valence-corrected chi connectivity index (χ0v) is 11.9. The van der Waals surface area contributed by atoms with Gasteiger partial charge < -0.3 is 10.4 Å². The summed E-state index contributed by atoms with van der Waals surface area (Å²) in [7, 11) is 0. The number of pyridine rings is 1. The van der Waals surface area contributed by atoms with Crippen LogP contribution in [0.3, 0.4) is 0 Å². The Bertz CT molecular complexity index is 650. The van der Waals surface area contributed by atoms with Gasteiger partial charge in [-0.15, -0.1) is 0 Å².